The number of unbranched alkanes of at least 4 members (excludes halogenated alkanes) is 6. The first-order chi connectivity index (χ1) is 12.5. The second kappa shape index (κ2) is 18.0. The average Bonchev–Trinajstić information content (AvgIpc) is 2.54. The first-order valence-corrected chi connectivity index (χ1v) is 10.6. The maximum absolute atomic E-state index is 5.79. The van der Waals surface area contributed by atoms with Crippen LogP contribution in [0.15, 0.2) is 12.2 Å². The van der Waals surface area contributed by atoms with Crippen molar-refractivity contribution >= 4 is 0 Å². The van der Waals surface area contributed by atoms with Crippen LogP contribution in [0.5, 0.6) is 0 Å². The third kappa shape index (κ3) is 18.4. The van der Waals surface area contributed by atoms with Crippen LogP contribution in [-0.4, -0.2) is 38.0 Å². The Hall–Kier alpha value is -0.420. The van der Waals surface area contributed by atoms with Gasteiger partial charge in [0.15, 0.2) is 12.6 Å². The molecule has 0 aromatic heterocycles. The van der Waals surface area contributed by atoms with E-state index >= 15 is 0 Å². The predicted molar refractivity (Wildman–Crippen MR) is 109 cm³/mol. The summed E-state index contributed by atoms with van der Waals surface area (Å²) >= 11 is 0. The first-order valence-electron chi connectivity index (χ1n) is 10.6. The molecule has 0 aliphatic carbocycles. The largest absolute Gasteiger partial charge is 0.353 e. The quantitative estimate of drug-likeness (QED) is 0.162. The predicted octanol–water partition coefficient (Wildman–Crippen LogP) is 6.24. The summed E-state index contributed by atoms with van der Waals surface area (Å²) in [6.07, 6.45) is 14.2. The molecule has 1 unspecified atom stereocenters. The summed E-state index contributed by atoms with van der Waals surface area (Å²) in [5, 5.41) is 0. The number of hydrogen-bond acceptors (Lipinski definition) is 4. The van der Waals surface area contributed by atoms with Gasteiger partial charge in [-0.05, 0) is 60.8 Å². The maximum atomic E-state index is 5.79. The van der Waals surface area contributed by atoms with Gasteiger partial charge in [0.05, 0.1) is 12.2 Å². The van der Waals surface area contributed by atoms with Crippen molar-refractivity contribution in [1.29, 1.82) is 0 Å². The van der Waals surface area contributed by atoms with E-state index in [0.717, 1.165) is 25.9 Å². The minimum atomic E-state index is -0.126. The van der Waals surface area contributed by atoms with Gasteiger partial charge < -0.3 is 18.9 Å². The Kier molecular flexibility index (Phi) is 17.7. The fourth-order valence-electron chi connectivity index (χ4n) is 2.68. The molecule has 0 bridgehead atoms. The van der Waals surface area contributed by atoms with Gasteiger partial charge in [-0.25, -0.2) is 0 Å². The second-order valence-electron chi connectivity index (χ2n) is 7.31. The molecule has 0 aromatic carbocycles. The molecule has 0 aliphatic rings. The summed E-state index contributed by atoms with van der Waals surface area (Å²) in [7, 11) is 0. The minimum absolute atomic E-state index is 0.0664. The van der Waals surface area contributed by atoms with E-state index in [2.05, 4.69) is 12.2 Å². The summed E-state index contributed by atoms with van der Waals surface area (Å²) in [5.41, 5.74) is 0. The van der Waals surface area contributed by atoms with Crippen LogP contribution in [-0.2, 0) is 18.9 Å². The lowest BCUT2D eigenvalue weighted by atomic mass is 10.1. The lowest BCUT2D eigenvalue weighted by molar-refractivity contribution is -0.178. The van der Waals surface area contributed by atoms with Crippen molar-refractivity contribution in [3.05, 3.63) is 12.2 Å². The monoisotopic (exact) mass is 372 g/mol. The van der Waals surface area contributed by atoms with Gasteiger partial charge in [0.25, 0.3) is 0 Å². The van der Waals surface area contributed by atoms with Crippen LogP contribution in [0.1, 0.15) is 92.9 Å². The van der Waals surface area contributed by atoms with Gasteiger partial charge in [-0.3, -0.25) is 0 Å². The summed E-state index contributed by atoms with van der Waals surface area (Å²) in [4.78, 5) is 0. The molecule has 0 saturated heterocycles. The highest BCUT2D eigenvalue weighted by Crippen LogP contribution is 2.11. The van der Waals surface area contributed by atoms with E-state index in [9.17, 15) is 0 Å². The molecule has 26 heavy (non-hydrogen) atoms. The fourth-order valence-corrected chi connectivity index (χ4v) is 2.68. The number of ether oxygens (including phenoxy) is 4. The lowest BCUT2D eigenvalue weighted by Gasteiger charge is -2.21. The van der Waals surface area contributed by atoms with Gasteiger partial charge in [0.1, 0.15) is 0 Å². The van der Waals surface area contributed by atoms with Gasteiger partial charge in [-0.15, -0.1) is 0 Å². The van der Waals surface area contributed by atoms with Crippen LogP contribution < -0.4 is 0 Å². The Morgan fingerprint density at radius 3 is 1.85 bits per heavy atom. The highest BCUT2D eigenvalue weighted by atomic mass is 16.7. The number of hydrogen-bond donors (Lipinski definition) is 0. The van der Waals surface area contributed by atoms with Crippen molar-refractivity contribution in [2.24, 2.45) is 0 Å². The molecular weight excluding hydrogens is 328 g/mol. The summed E-state index contributed by atoms with van der Waals surface area (Å²) in [6, 6.07) is 0. The number of allylic oxidation sites excluding steroid dienone is 1. The molecule has 156 valence electrons. The Balaban J connectivity index is 3.51. The average molecular weight is 373 g/mol. The van der Waals surface area contributed by atoms with E-state index in [0.29, 0.717) is 6.61 Å². The summed E-state index contributed by atoms with van der Waals surface area (Å²) in [6.45, 7) is 13.7. The van der Waals surface area contributed by atoms with Crippen molar-refractivity contribution in [3.63, 3.8) is 0 Å². The molecule has 0 rings (SSSR count). The van der Waals surface area contributed by atoms with E-state index in [1.165, 1.54) is 32.1 Å². The number of rotatable bonds is 18. The summed E-state index contributed by atoms with van der Waals surface area (Å²) < 4.78 is 22.5. The molecule has 0 amide bonds. The van der Waals surface area contributed by atoms with E-state index < -0.39 is 0 Å². The van der Waals surface area contributed by atoms with Crippen molar-refractivity contribution in [2.75, 3.05) is 13.2 Å². The zero-order valence-electron chi connectivity index (χ0n) is 18.2. The van der Waals surface area contributed by atoms with Crippen molar-refractivity contribution in [2.45, 2.75) is 118 Å². The van der Waals surface area contributed by atoms with Gasteiger partial charge in [-0.1, -0.05) is 37.8 Å². The Morgan fingerprint density at radius 1 is 0.692 bits per heavy atom. The van der Waals surface area contributed by atoms with Crippen molar-refractivity contribution in [1.82, 2.24) is 0 Å². The standard InChI is InChI=1S/C22H44O4/c1-7-23-21(6)24-18-16-14-12-10-8-9-11-13-15-17-22(25-19(2)3)26-20(4)5/h13,15,19-22H,7-12,14,16-18H2,1-6H3/b15-13-. The third-order valence-electron chi connectivity index (χ3n) is 3.86. The fraction of sp³-hybridized carbons (Fsp3) is 0.909. The normalized spacial score (nSPS) is 13.6. The van der Waals surface area contributed by atoms with Crippen LogP contribution in [0.25, 0.3) is 0 Å². The molecule has 0 fully saturated rings. The van der Waals surface area contributed by atoms with Gasteiger partial charge in [-0.2, -0.15) is 0 Å². The molecular formula is C22H44O4. The molecule has 4 nitrogen and oxygen atoms in total. The molecule has 0 aromatic rings. The SMILES string of the molecule is CCOC(C)OCCCCCCCC/C=C\CC(OC(C)C)OC(C)C. The van der Waals surface area contributed by atoms with E-state index in [1.54, 1.807) is 0 Å². The first kappa shape index (κ1) is 25.6. The maximum Gasteiger partial charge on any atom is 0.161 e. The molecule has 1 atom stereocenters. The topological polar surface area (TPSA) is 36.9 Å². The zero-order valence-corrected chi connectivity index (χ0v) is 18.2. The highest BCUT2D eigenvalue weighted by molar-refractivity contribution is 4.83. The highest BCUT2D eigenvalue weighted by Gasteiger charge is 2.11. The van der Waals surface area contributed by atoms with Crippen LogP contribution in [0.3, 0.4) is 0 Å². The van der Waals surface area contributed by atoms with Crippen LogP contribution >= 0.6 is 0 Å². The Morgan fingerprint density at radius 2 is 1.27 bits per heavy atom. The van der Waals surface area contributed by atoms with Crippen LogP contribution in [0.4, 0.5) is 0 Å². The summed E-state index contributed by atoms with van der Waals surface area (Å²) in [5.74, 6) is 0. The minimum Gasteiger partial charge on any atom is -0.353 e. The van der Waals surface area contributed by atoms with Gasteiger partial charge in [0.2, 0.25) is 0 Å². The zero-order chi connectivity index (χ0) is 19.6. The van der Waals surface area contributed by atoms with E-state index in [-0.39, 0.29) is 24.8 Å². The Bertz CT molecular complexity index is 305. The van der Waals surface area contributed by atoms with Crippen LogP contribution in [0, 0.1) is 0 Å². The van der Waals surface area contributed by atoms with Crippen molar-refractivity contribution in [3.8, 4) is 0 Å². The molecule has 0 N–H and O–H groups in total. The molecule has 0 spiro atoms. The molecule has 0 aliphatic heterocycles. The smallest absolute Gasteiger partial charge is 0.161 e. The molecule has 0 radical (unpaired) electrons. The second-order valence-corrected chi connectivity index (χ2v) is 7.31. The molecule has 0 heterocycles. The van der Waals surface area contributed by atoms with E-state index in [4.69, 9.17) is 18.9 Å². The third-order valence-corrected chi connectivity index (χ3v) is 3.86. The van der Waals surface area contributed by atoms with E-state index in [1.807, 2.05) is 41.5 Å². The molecule has 0 saturated carbocycles. The van der Waals surface area contributed by atoms with Gasteiger partial charge >= 0.3 is 0 Å². The van der Waals surface area contributed by atoms with Gasteiger partial charge in [0, 0.05) is 19.6 Å². The Labute approximate surface area is 162 Å². The van der Waals surface area contributed by atoms with Crippen molar-refractivity contribution < 1.29 is 18.9 Å². The van der Waals surface area contributed by atoms with Crippen LogP contribution in [0.2, 0.25) is 0 Å². The molecule has 4 heteroatoms. The lowest BCUT2D eigenvalue weighted by Crippen LogP contribution is -2.23.